The molecule has 3 aromatic rings. The first-order valence-corrected chi connectivity index (χ1v) is 7.24. The molecule has 1 aromatic carbocycles. The van der Waals surface area contributed by atoms with Gasteiger partial charge in [0.25, 0.3) is 0 Å². The third kappa shape index (κ3) is 2.41. The van der Waals surface area contributed by atoms with Gasteiger partial charge in [0.2, 0.25) is 0 Å². The van der Waals surface area contributed by atoms with Crippen molar-refractivity contribution in [1.29, 1.82) is 0 Å². The summed E-state index contributed by atoms with van der Waals surface area (Å²) in [5.41, 5.74) is 3.56. The number of nitrogens with one attached hydrogen (secondary N) is 1. The zero-order valence-corrected chi connectivity index (χ0v) is 12.3. The van der Waals surface area contributed by atoms with Gasteiger partial charge in [0.15, 0.2) is 0 Å². The summed E-state index contributed by atoms with van der Waals surface area (Å²) in [6, 6.07) is 9.19. The molecule has 0 saturated heterocycles. The second kappa shape index (κ2) is 5.46. The molecule has 6 heteroatoms. The molecule has 0 amide bonds. The lowest BCUT2D eigenvalue weighted by Crippen LogP contribution is -2.27. The van der Waals surface area contributed by atoms with E-state index in [0.29, 0.717) is 5.02 Å². The molecule has 0 saturated carbocycles. The zero-order valence-electron chi connectivity index (χ0n) is 10.7. The molecule has 0 fully saturated rings. The van der Waals surface area contributed by atoms with Crippen molar-refractivity contribution in [1.82, 2.24) is 5.43 Å². The second-order valence-corrected chi connectivity index (χ2v) is 5.70. The van der Waals surface area contributed by atoms with Crippen LogP contribution in [0.2, 0.25) is 5.02 Å². The molecular weight excluding hydrogens is 296 g/mol. The van der Waals surface area contributed by atoms with Crippen LogP contribution in [0.4, 0.5) is 0 Å². The molecule has 0 aliphatic carbocycles. The Bertz CT molecular complexity index is 738. The summed E-state index contributed by atoms with van der Waals surface area (Å²) in [5, 5.41) is 3.57. The third-order valence-electron chi connectivity index (χ3n) is 3.06. The highest BCUT2D eigenvalue weighted by molar-refractivity contribution is 7.10. The normalized spacial score (nSPS) is 12.8. The van der Waals surface area contributed by atoms with E-state index in [2.05, 4.69) is 5.43 Å². The Labute approximate surface area is 125 Å². The first-order valence-electron chi connectivity index (χ1n) is 5.99. The minimum Gasteiger partial charge on any atom is -0.496 e. The van der Waals surface area contributed by atoms with E-state index in [1.165, 1.54) is 0 Å². The second-order valence-electron chi connectivity index (χ2n) is 4.32. The van der Waals surface area contributed by atoms with E-state index >= 15 is 0 Å². The largest absolute Gasteiger partial charge is 0.496 e. The van der Waals surface area contributed by atoms with Crippen molar-refractivity contribution < 1.29 is 9.15 Å². The van der Waals surface area contributed by atoms with Crippen LogP contribution >= 0.6 is 22.9 Å². The summed E-state index contributed by atoms with van der Waals surface area (Å²) in [6.45, 7) is 0. The maximum Gasteiger partial charge on any atom is 0.134 e. The van der Waals surface area contributed by atoms with Crippen molar-refractivity contribution in [3.63, 3.8) is 0 Å². The number of ether oxygens (including phenoxy) is 1. The van der Waals surface area contributed by atoms with E-state index in [-0.39, 0.29) is 6.04 Å². The standard InChI is InChI=1S/C14H13ClN2O2S/c1-18-10-6-13(20-7-10)14(17-16)12-5-8-4-9(15)2-3-11(8)19-12/h2-7,14,17H,16H2,1H3. The van der Waals surface area contributed by atoms with E-state index in [4.69, 9.17) is 26.6 Å². The predicted octanol–water partition coefficient (Wildman–Crippen LogP) is 3.71. The summed E-state index contributed by atoms with van der Waals surface area (Å²) in [6.07, 6.45) is 0. The molecule has 1 atom stereocenters. The Morgan fingerprint density at radius 2 is 2.20 bits per heavy atom. The lowest BCUT2D eigenvalue weighted by molar-refractivity contribution is 0.415. The van der Waals surface area contributed by atoms with Gasteiger partial charge in [0.1, 0.15) is 23.1 Å². The highest BCUT2D eigenvalue weighted by Gasteiger charge is 2.19. The molecule has 3 rings (SSSR count). The number of rotatable bonds is 4. The van der Waals surface area contributed by atoms with Crippen LogP contribution in [-0.4, -0.2) is 7.11 Å². The van der Waals surface area contributed by atoms with Crippen LogP contribution in [0.25, 0.3) is 11.0 Å². The van der Waals surface area contributed by atoms with Crippen LogP contribution in [0.3, 0.4) is 0 Å². The lowest BCUT2D eigenvalue weighted by atomic mass is 10.2. The van der Waals surface area contributed by atoms with Crippen LogP contribution in [0.5, 0.6) is 5.75 Å². The number of benzene rings is 1. The minimum absolute atomic E-state index is 0.213. The fraction of sp³-hybridized carbons (Fsp3) is 0.143. The fourth-order valence-electron chi connectivity index (χ4n) is 2.07. The van der Waals surface area contributed by atoms with Gasteiger partial charge in [-0.2, -0.15) is 0 Å². The summed E-state index contributed by atoms with van der Waals surface area (Å²) in [4.78, 5) is 1.02. The molecule has 20 heavy (non-hydrogen) atoms. The number of halogens is 1. The van der Waals surface area contributed by atoms with Crippen molar-refractivity contribution in [3.05, 3.63) is 51.4 Å². The average molecular weight is 309 g/mol. The van der Waals surface area contributed by atoms with E-state index < -0.39 is 0 Å². The number of hydrogen-bond donors (Lipinski definition) is 2. The van der Waals surface area contributed by atoms with Crippen molar-refractivity contribution in [2.45, 2.75) is 6.04 Å². The van der Waals surface area contributed by atoms with Crippen LogP contribution < -0.4 is 16.0 Å². The molecule has 0 spiro atoms. The van der Waals surface area contributed by atoms with Crippen molar-refractivity contribution in [2.24, 2.45) is 5.84 Å². The number of methoxy groups -OCH3 is 1. The highest BCUT2D eigenvalue weighted by Crippen LogP contribution is 2.33. The molecule has 1 unspecified atom stereocenters. The summed E-state index contributed by atoms with van der Waals surface area (Å²) in [5.74, 6) is 7.22. The van der Waals surface area contributed by atoms with E-state index in [0.717, 1.165) is 27.4 Å². The van der Waals surface area contributed by atoms with Crippen molar-refractivity contribution >= 4 is 33.9 Å². The van der Waals surface area contributed by atoms with Gasteiger partial charge < -0.3 is 9.15 Å². The lowest BCUT2D eigenvalue weighted by Gasteiger charge is -2.10. The van der Waals surface area contributed by atoms with Gasteiger partial charge in [0, 0.05) is 20.7 Å². The number of thiophene rings is 1. The van der Waals surface area contributed by atoms with Gasteiger partial charge in [-0.3, -0.25) is 5.84 Å². The Kier molecular flexibility index (Phi) is 3.67. The Morgan fingerprint density at radius 1 is 1.35 bits per heavy atom. The number of nitrogens with two attached hydrogens (primary N) is 1. The van der Waals surface area contributed by atoms with Crippen LogP contribution in [0.15, 0.2) is 40.1 Å². The Hall–Kier alpha value is -1.53. The first-order chi connectivity index (χ1) is 9.71. The molecule has 3 N–H and O–H groups in total. The zero-order chi connectivity index (χ0) is 14.1. The highest BCUT2D eigenvalue weighted by atomic mass is 35.5. The SMILES string of the molecule is COc1csc(C(NN)c2cc3cc(Cl)ccc3o2)c1. The van der Waals surface area contributed by atoms with Crippen LogP contribution in [0, 0.1) is 0 Å². The number of hydrogen-bond acceptors (Lipinski definition) is 5. The van der Waals surface area contributed by atoms with Crippen LogP contribution in [-0.2, 0) is 0 Å². The van der Waals surface area contributed by atoms with Gasteiger partial charge in [-0.05, 0) is 30.3 Å². The molecule has 2 aromatic heterocycles. The molecule has 2 heterocycles. The van der Waals surface area contributed by atoms with E-state index in [9.17, 15) is 0 Å². The van der Waals surface area contributed by atoms with Gasteiger partial charge in [-0.25, -0.2) is 5.43 Å². The molecule has 0 aliphatic rings. The number of fused-ring (bicyclic) bond motifs is 1. The minimum atomic E-state index is -0.213. The maximum absolute atomic E-state index is 5.98. The summed E-state index contributed by atoms with van der Waals surface area (Å²) >= 11 is 7.55. The molecule has 0 aliphatic heterocycles. The molecule has 104 valence electrons. The van der Waals surface area contributed by atoms with E-state index in [1.54, 1.807) is 24.5 Å². The van der Waals surface area contributed by atoms with Crippen LogP contribution in [0.1, 0.15) is 16.7 Å². The summed E-state index contributed by atoms with van der Waals surface area (Å²) < 4.78 is 11.0. The third-order valence-corrected chi connectivity index (χ3v) is 4.28. The predicted molar refractivity (Wildman–Crippen MR) is 81.3 cm³/mol. The Morgan fingerprint density at radius 3 is 2.90 bits per heavy atom. The summed E-state index contributed by atoms with van der Waals surface area (Å²) in [7, 11) is 1.64. The number of furan rings is 1. The topological polar surface area (TPSA) is 60.4 Å². The molecule has 4 nitrogen and oxygen atoms in total. The van der Waals surface area contributed by atoms with Gasteiger partial charge in [-0.15, -0.1) is 11.3 Å². The molecule has 0 radical (unpaired) electrons. The maximum atomic E-state index is 5.98. The van der Waals surface area contributed by atoms with Gasteiger partial charge in [-0.1, -0.05) is 11.6 Å². The quantitative estimate of drug-likeness (QED) is 0.570. The smallest absolute Gasteiger partial charge is 0.134 e. The number of hydrazine groups is 1. The Balaban J connectivity index is 2.02. The van der Waals surface area contributed by atoms with Crippen molar-refractivity contribution in [2.75, 3.05) is 7.11 Å². The molecular formula is C14H13ClN2O2S. The van der Waals surface area contributed by atoms with Gasteiger partial charge >= 0.3 is 0 Å². The van der Waals surface area contributed by atoms with Crippen molar-refractivity contribution in [3.8, 4) is 5.75 Å². The first kappa shape index (κ1) is 13.5. The van der Waals surface area contributed by atoms with Gasteiger partial charge in [0.05, 0.1) is 7.11 Å². The average Bonchev–Trinajstić information content (AvgIpc) is 3.06. The monoisotopic (exact) mass is 308 g/mol. The molecule has 0 bridgehead atoms. The fourth-order valence-corrected chi connectivity index (χ4v) is 3.18. The van der Waals surface area contributed by atoms with E-state index in [1.807, 2.05) is 29.6 Å².